The molecule has 146 valence electrons. The highest BCUT2D eigenvalue weighted by Gasteiger charge is 2.30. The highest BCUT2D eigenvalue weighted by Crippen LogP contribution is 2.41. The van der Waals surface area contributed by atoms with Crippen LogP contribution >= 0.6 is 0 Å². The molecule has 1 aliphatic heterocycles. The molecule has 4 rings (SSSR count). The van der Waals surface area contributed by atoms with Crippen LogP contribution in [-0.2, 0) is 13.5 Å². The third kappa shape index (κ3) is 4.03. The van der Waals surface area contributed by atoms with Crippen molar-refractivity contribution in [3.05, 3.63) is 29.3 Å². The van der Waals surface area contributed by atoms with Gasteiger partial charge >= 0.3 is 0 Å². The molecule has 0 bridgehead atoms. The van der Waals surface area contributed by atoms with Crippen LogP contribution in [0, 0.1) is 0 Å². The SMILES string of the molecule is Cn1nc(N)nc1NCCCOc1cccc2c1CCC2N1CCCCC1. The summed E-state index contributed by atoms with van der Waals surface area (Å²) in [6, 6.07) is 7.16. The Balaban J connectivity index is 1.30. The number of rotatable bonds is 7. The fourth-order valence-corrected chi connectivity index (χ4v) is 4.36. The van der Waals surface area contributed by atoms with Crippen LogP contribution in [-0.4, -0.2) is 45.9 Å². The molecule has 1 atom stereocenters. The summed E-state index contributed by atoms with van der Waals surface area (Å²) in [6.45, 7) is 3.95. The molecule has 7 heteroatoms. The predicted molar refractivity (Wildman–Crippen MR) is 107 cm³/mol. The van der Waals surface area contributed by atoms with Crippen LogP contribution in [0.5, 0.6) is 5.75 Å². The lowest BCUT2D eigenvalue weighted by Crippen LogP contribution is -2.32. The molecule has 7 nitrogen and oxygen atoms in total. The molecule has 2 heterocycles. The second kappa shape index (κ2) is 8.17. The number of aromatic nitrogens is 3. The number of fused-ring (bicyclic) bond motifs is 1. The second-order valence-corrected chi connectivity index (χ2v) is 7.52. The number of piperidine rings is 1. The van der Waals surface area contributed by atoms with Gasteiger partial charge in [0.1, 0.15) is 5.75 Å². The molecule has 1 fully saturated rings. The Labute approximate surface area is 160 Å². The molecule has 1 aromatic carbocycles. The molecule has 2 aromatic rings. The fraction of sp³-hybridized carbons (Fsp3) is 0.600. The zero-order chi connectivity index (χ0) is 18.6. The van der Waals surface area contributed by atoms with E-state index in [0.717, 1.165) is 25.1 Å². The third-order valence-corrected chi connectivity index (χ3v) is 5.67. The maximum Gasteiger partial charge on any atom is 0.241 e. The lowest BCUT2D eigenvalue weighted by atomic mass is 10.0. The van der Waals surface area contributed by atoms with Crippen molar-refractivity contribution in [3.8, 4) is 5.75 Å². The van der Waals surface area contributed by atoms with Crippen molar-refractivity contribution in [1.29, 1.82) is 0 Å². The van der Waals surface area contributed by atoms with E-state index in [4.69, 9.17) is 10.5 Å². The van der Waals surface area contributed by atoms with Gasteiger partial charge in [-0.25, -0.2) is 4.68 Å². The normalized spacial score (nSPS) is 19.8. The number of nitrogens with one attached hydrogen (secondary N) is 1. The van der Waals surface area contributed by atoms with Crippen molar-refractivity contribution in [1.82, 2.24) is 19.7 Å². The van der Waals surface area contributed by atoms with Gasteiger partial charge in [0.15, 0.2) is 0 Å². The van der Waals surface area contributed by atoms with Gasteiger partial charge in [0, 0.05) is 19.6 Å². The number of hydrogen-bond acceptors (Lipinski definition) is 6. The number of nitrogen functional groups attached to an aromatic ring is 1. The van der Waals surface area contributed by atoms with Crippen molar-refractivity contribution < 1.29 is 4.74 Å². The monoisotopic (exact) mass is 370 g/mol. The summed E-state index contributed by atoms with van der Waals surface area (Å²) in [7, 11) is 1.83. The minimum atomic E-state index is 0.291. The molecule has 2 aliphatic rings. The number of ether oxygens (including phenoxy) is 1. The quantitative estimate of drug-likeness (QED) is 0.730. The van der Waals surface area contributed by atoms with E-state index in [0.29, 0.717) is 24.5 Å². The molecular weight excluding hydrogens is 340 g/mol. The Bertz CT molecular complexity index is 768. The summed E-state index contributed by atoms with van der Waals surface area (Å²) in [4.78, 5) is 6.82. The Hall–Kier alpha value is -2.28. The maximum atomic E-state index is 6.13. The number of aryl methyl sites for hydroxylation is 1. The first kappa shape index (κ1) is 18.1. The van der Waals surface area contributed by atoms with Crippen LogP contribution in [0.1, 0.15) is 49.3 Å². The summed E-state index contributed by atoms with van der Waals surface area (Å²) in [5.41, 5.74) is 8.50. The van der Waals surface area contributed by atoms with Crippen molar-refractivity contribution in [2.75, 3.05) is 37.3 Å². The summed E-state index contributed by atoms with van der Waals surface area (Å²) < 4.78 is 7.79. The number of likely N-dealkylation sites (tertiary alicyclic amines) is 1. The molecule has 0 amide bonds. The fourth-order valence-electron chi connectivity index (χ4n) is 4.36. The zero-order valence-electron chi connectivity index (χ0n) is 16.2. The van der Waals surface area contributed by atoms with E-state index in [9.17, 15) is 0 Å². The lowest BCUT2D eigenvalue weighted by Gasteiger charge is -2.32. The first-order chi connectivity index (χ1) is 13.2. The number of anilines is 2. The van der Waals surface area contributed by atoms with Gasteiger partial charge in [0.2, 0.25) is 11.9 Å². The molecule has 1 aromatic heterocycles. The second-order valence-electron chi connectivity index (χ2n) is 7.52. The van der Waals surface area contributed by atoms with Gasteiger partial charge in [0.25, 0.3) is 0 Å². The number of hydrogen-bond donors (Lipinski definition) is 2. The first-order valence-corrected chi connectivity index (χ1v) is 10.1. The van der Waals surface area contributed by atoms with Gasteiger partial charge in [-0.2, -0.15) is 4.98 Å². The van der Waals surface area contributed by atoms with E-state index in [1.54, 1.807) is 4.68 Å². The van der Waals surface area contributed by atoms with E-state index in [-0.39, 0.29) is 0 Å². The van der Waals surface area contributed by atoms with E-state index >= 15 is 0 Å². The van der Waals surface area contributed by atoms with E-state index in [2.05, 4.69) is 38.5 Å². The Morgan fingerprint density at radius 2 is 2.11 bits per heavy atom. The molecule has 0 spiro atoms. The van der Waals surface area contributed by atoms with Crippen LogP contribution < -0.4 is 15.8 Å². The van der Waals surface area contributed by atoms with Gasteiger partial charge in [-0.15, -0.1) is 5.10 Å². The van der Waals surface area contributed by atoms with Crippen molar-refractivity contribution in [2.45, 2.75) is 44.6 Å². The van der Waals surface area contributed by atoms with Gasteiger partial charge in [0.05, 0.1) is 6.61 Å². The lowest BCUT2D eigenvalue weighted by molar-refractivity contribution is 0.163. The van der Waals surface area contributed by atoms with Crippen LogP contribution in [0.25, 0.3) is 0 Å². The van der Waals surface area contributed by atoms with Crippen molar-refractivity contribution in [2.24, 2.45) is 7.05 Å². The number of nitrogens with two attached hydrogens (primary N) is 1. The minimum Gasteiger partial charge on any atom is -0.493 e. The Morgan fingerprint density at radius 3 is 2.89 bits per heavy atom. The van der Waals surface area contributed by atoms with Gasteiger partial charge in [-0.3, -0.25) is 4.90 Å². The van der Waals surface area contributed by atoms with Crippen LogP contribution in [0.2, 0.25) is 0 Å². The maximum absolute atomic E-state index is 6.13. The molecule has 1 unspecified atom stereocenters. The predicted octanol–water partition coefficient (Wildman–Crippen LogP) is 2.75. The topological polar surface area (TPSA) is 81.2 Å². The number of benzene rings is 1. The minimum absolute atomic E-state index is 0.291. The van der Waals surface area contributed by atoms with Gasteiger partial charge in [-0.05, 0) is 62.4 Å². The highest BCUT2D eigenvalue weighted by atomic mass is 16.5. The van der Waals surface area contributed by atoms with E-state index < -0.39 is 0 Å². The molecule has 3 N–H and O–H groups in total. The Kier molecular flexibility index (Phi) is 5.48. The molecule has 0 radical (unpaired) electrons. The molecule has 1 saturated heterocycles. The van der Waals surface area contributed by atoms with Crippen LogP contribution in [0.4, 0.5) is 11.9 Å². The number of nitrogens with zero attached hydrogens (tertiary/aromatic N) is 4. The highest BCUT2D eigenvalue weighted by molar-refractivity contribution is 5.45. The van der Waals surface area contributed by atoms with Crippen molar-refractivity contribution >= 4 is 11.9 Å². The molecule has 27 heavy (non-hydrogen) atoms. The van der Waals surface area contributed by atoms with Crippen LogP contribution in [0.15, 0.2) is 18.2 Å². The summed E-state index contributed by atoms with van der Waals surface area (Å²) in [5, 5.41) is 7.27. The van der Waals surface area contributed by atoms with E-state index in [1.807, 2.05) is 7.05 Å². The summed E-state index contributed by atoms with van der Waals surface area (Å²) >= 11 is 0. The van der Waals surface area contributed by atoms with Crippen molar-refractivity contribution in [3.63, 3.8) is 0 Å². The summed E-state index contributed by atoms with van der Waals surface area (Å²) in [5.74, 6) is 2.05. The summed E-state index contributed by atoms with van der Waals surface area (Å²) in [6.07, 6.45) is 7.31. The van der Waals surface area contributed by atoms with Crippen LogP contribution in [0.3, 0.4) is 0 Å². The smallest absolute Gasteiger partial charge is 0.241 e. The third-order valence-electron chi connectivity index (χ3n) is 5.67. The molecule has 1 aliphatic carbocycles. The largest absolute Gasteiger partial charge is 0.493 e. The standard InChI is InChI=1S/C20H30N6O/c1-25-20(23-19(21)24-25)22-11-6-14-27-18-8-5-7-15-16(18)9-10-17(15)26-12-3-2-4-13-26/h5,7-8,17H,2-4,6,9-14H2,1H3,(H3,21,22,23,24). The average molecular weight is 371 g/mol. The average Bonchev–Trinajstić information content (AvgIpc) is 3.25. The van der Waals surface area contributed by atoms with E-state index in [1.165, 1.54) is 49.9 Å². The van der Waals surface area contributed by atoms with Gasteiger partial charge < -0.3 is 15.8 Å². The molecule has 0 saturated carbocycles. The first-order valence-electron chi connectivity index (χ1n) is 10.1. The Morgan fingerprint density at radius 1 is 1.26 bits per heavy atom. The zero-order valence-corrected chi connectivity index (χ0v) is 16.2. The van der Waals surface area contributed by atoms with Gasteiger partial charge in [-0.1, -0.05) is 18.6 Å². The molecular formula is C20H30N6O.